The van der Waals surface area contributed by atoms with E-state index in [0.717, 1.165) is 0 Å². The topological polar surface area (TPSA) is 65.0 Å². The number of phenolic OH excluding ortho intramolecular Hbond substituents is 1. The van der Waals surface area contributed by atoms with Gasteiger partial charge in [-0.25, -0.2) is 4.79 Å². The minimum absolute atomic E-state index is 0.127. The SMILES string of the molecule is O=C(OP)c1cc(O)c2c(c1)OPO2. The van der Waals surface area contributed by atoms with Crippen LogP contribution >= 0.6 is 18.5 Å². The van der Waals surface area contributed by atoms with Crippen molar-refractivity contribution >= 4 is 24.5 Å². The molecule has 1 aliphatic rings. The van der Waals surface area contributed by atoms with Gasteiger partial charge in [0.1, 0.15) is 0 Å². The van der Waals surface area contributed by atoms with Crippen molar-refractivity contribution in [1.82, 2.24) is 0 Å². The Morgan fingerprint density at radius 1 is 1.50 bits per heavy atom. The molecule has 1 N–H and O–H groups in total. The maximum atomic E-state index is 11.1. The van der Waals surface area contributed by atoms with Crippen molar-refractivity contribution in [3.8, 4) is 17.2 Å². The zero-order valence-electron chi connectivity index (χ0n) is 6.81. The first-order valence-electron chi connectivity index (χ1n) is 3.59. The molecular formula is C7H6O5P2. The van der Waals surface area contributed by atoms with Crippen molar-refractivity contribution in [3.05, 3.63) is 17.7 Å². The van der Waals surface area contributed by atoms with Crippen molar-refractivity contribution in [2.75, 3.05) is 0 Å². The lowest BCUT2D eigenvalue weighted by atomic mass is 10.2. The summed E-state index contributed by atoms with van der Waals surface area (Å²) in [6.45, 7) is 0. The van der Waals surface area contributed by atoms with Gasteiger partial charge in [-0.05, 0) is 12.1 Å². The molecular weight excluding hydrogens is 226 g/mol. The van der Waals surface area contributed by atoms with E-state index in [-0.39, 0.29) is 26.1 Å². The predicted octanol–water partition coefficient (Wildman–Crippen LogP) is 1.62. The Bertz CT molecular complexity index is 392. The van der Waals surface area contributed by atoms with Gasteiger partial charge in [-0.15, -0.1) is 0 Å². The van der Waals surface area contributed by atoms with Crippen molar-refractivity contribution in [1.29, 1.82) is 0 Å². The Kier molecular flexibility index (Phi) is 2.44. The number of rotatable bonds is 1. The fraction of sp³-hybridized carbons (Fsp3) is 0. The lowest BCUT2D eigenvalue weighted by molar-refractivity contribution is 0.0765. The minimum atomic E-state index is -0.563. The lowest BCUT2D eigenvalue weighted by Crippen LogP contribution is -1.97. The van der Waals surface area contributed by atoms with Crippen LogP contribution in [0.4, 0.5) is 0 Å². The summed E-state index contributed by atoms with van der Waals surface area (Å²) < 4.78 is 14.5. The van der Waals surface area contributed by atoms with Crippen LogP contribution in [0, 0.1) is 0 Å². The first-order valence-corrected chi connectivity index (χ1v) is 4.88. The first-order chi connectivity index (χ1) is 6.72. The van der Waals surface area contributed by atoms with E-state index in [2.05, 4.69) is 4.52 Å². The number of aromatic hydroxyl groups is 1. The number of hydrogen-bond donors (Lipinski definition) is 1. The van der Waals surface area contributed by atoms with Gasteiger partial charge in [0.25, 0.3) is 9.03 Å². The van der Waals surface area contributed by atoms with Gasteiger partial charge in [0.15, 0.2) is 11.5 Å². The molecule has 0 bridgehead atoms. The van der Waals surface area contributed by atoms with E-state index in [1.807, 2.05) is 9.47 Å². The molecule has 5 nitrogen and oxygen atoms in total. The van der Waals surface area contributed by atoms with Crippen molar-refractivity contribution in [3.63, 3.8) is 0 Å². The fourth-order valence-corrected chi connectivity index (χ4v) is 1.77. The molecule has 1 aliphatic heterocycles. The number of benzene rings is 1. The van der Waals surface area contributed by atoms with Gasteiger partial charge in [0.05, 0.1) is 15.0 Å². The Balaban J connectivity index is 2.46. The maximum Gasteiger partial charge on any atom is 0.340 e. The molecule has 2 atom stereocenters. The molecule has 0 aromatic heterocycles. The number of carbonyl (C=O) groups is 1. The van der Waals surface area contributed by atoms with Gasteiger partial charge in [0.2, 0.25) is 5.75 Å². The third-order valence-electron chi connectivity index (χ3n) is 1.67. The second kappa shape index (κ2) is 3.60. The molecule has 0 saturated carbocycles. The summed E-state index contributed by atoms with van der Waals surface area (Å²) >= 11 is 0. The molecule has 1 heterocycles. The second-order valence-electron chi connectivity index (χ2n) is 2.52. The number of carbonyl (C=O) groups excluding carboxylic acids is 1. The first kappa shape index (κ1) is 9.50. The summed E-state index contributed by atoms with van der Waals surface area (Å²) in [4.78, 5) is 11.1. The maximum absolute atomic E-state index is 11.1. The van der Waals surface area contributed by atoms with E-state index in [1.54, 1.807) is 0 Å². The largest absolute Gasteiger partial charge is 0.504 e. The fourth-order valence-electron chi connectivity index (χ4n) is 1.06. The molecule has 14 heavy (non-hydrogen) atoms. The van der Waals surface area contributed by atoms with E-state index in [4.69, 9.17) is 9.05 Å². The van der Waals surface area contributed by atoms with E-state index < -0.39 is 5.97 Å². The molecule has 7 heteroatoms. The summed E-state index contributed by atoms with van der Waals surface area (Å²) in [6.07, 6.45) is 0. The molecule has 2 unspecified atom stereocenters. The summed E-state index contributed by atoms with van der Waals surface area (Å²) in [5, 5.41) is 9.44. The second-order valence-corrected chi connectivity index (χ2v) is 3.33. The van der Waals surface area contributed by atoms with E-state index in [0.29, 0.717) is 5.75 Å². The smallest absolute Gasteiger partial charge is 0.340 e. The van der Waals surface area contributed by atoms with Gasteiger partial charge >= 0.3 is 5.97 Å². The van der Waals surface area contributed by atoms with E-state index in [1.165, 1.54) is 12.1 Å². The number of phenols is 1. The van der Waals surface area contributed by atoms with Gasteiger partial charge in [-0.3, -0.25) is 0 Å². The van der Waals surface area contributed by atoms with Crippen LogP contribution < -0.4 is 9.05 Å². The molecule has 0 saturated heterocycles. The van der Waals surface area contributed by atoms with Crippen LogP contribution in [0.3, 0.4) is 0 Å². The van der Waals surface area contributed by atoms with Crippen LogP contribution in [0.15, 0.2) is 12.1 Å². The van der Waals surface area contributed by atoms with Crippen LogP contribution in [0.1, 0.15) is 10.4 Å². The van der Waals surface area contributed by atoms with Crippen LogP contribution in [0.2, 0.25) is 0 Å². The summed E-state index contributed by atoms with van der Waals surface area (Å²) in [7, 11) is 1.66. The van der Waals surface area contributed by atoms with Crippen molar-refractivity contribution in [2.45, 2.75) is 0 Å². The Hall–Kier alpha value is -1.05. The van der Waals surface area contributed by atoms with Crippen LogP contribution in [0.5, 0.6) is 17.2 Å². The van der Waals surface area contributed by atoms with Crippen molar-refractivity contribution in [2.24, 2.45) is 0 Å². The number of hydrogen-bond acceptors (Lipinski definition) is 5. The molecule has 0 aliphatic carbocycles. The van der Waals surface area contributed by atoms with Crippen molar-refractivity contribution < 1.29 is 23.5 Å². The molecule has 1 aromatic rings. The van der Waals surface area contributed by atoms with Crippen LogP contribution in [-0.4, -0.2) is 11.1 Å². The van der Waals surface area contributed by atoms with Crippen LogP contribution in [0.25, 0.3) is 0 Å². The highest BCUT2D eigenvalue weighted by Gasteiger charge is 2.22. The standard InChI is InChI=1S/C7H6O5P2/c8-4-1-3(7(9)10-13)2-5-6(4)12-14-11-5/h1-2,8,14H,13H2. The predicted molar refractivity (Wildman–Crippen MR) is 52.8 cm³/mol. The Labute approximate surface area is 83.6 Å². The normalized spacial score (nSPS) is 14.4. The lowest BCUT2D eigenvalue weighted by Gasteiger charge is -2.02. The highest BCUT2D eigenvalue weighted by atomic mass is 31.1. The molecule has 0 spiro atoms. The average Bonchev–Trinajstić information content (AvgIpc) is 2.64. The highest BCUT2D eigenvalue weighted by Crippen LogP contribution is 2.48. The van der Waals surface area contributed by atoms with Crippen LogP contribution in [-0.2, 0) is 4.52 Å². The highest BCUT2D eigenvalue weighted by molar-refractivity contribution is 7.27. The third kappa shape index (κ3) is 1.49. The molecule has 0 amide bonds. The number of fused-ring (bicyclic) bond motifs is 1. The average molecular weight is 232 g/mol. The van der Waals surface area contributed by atoms with E-state index >= 15 is 0 Å². The molecule has 1 aromatic carbocycles. The third-order valence-corrected chi connectivity index (χ3v) is 2.48. The molecule has 74 valence electrons. The Morgan fingerprint density at radius 3 is 3.00 bits per heavy atom. The summed E-state index contributed by atoms with van der Waals surface area (Å²) in [5.74, 6) is -0.0674. The van der Waals surface area contributed by atoms with Gasteiger partial charge in [-0.1, -0.05) is 0 Å². The van der Waals surface area contributed by atoms with Gasteiger partial charge in [0, 0.05) is 0 Å². The molecule has 0 radical (unpaired) electrons. The summed E-state index contributed by atoms with van der Waals surface area (Å²) in [5.41, 5.74) is 0.214. The zero-order valence-corrected chi connectivity index (χ0v) is 8.97. The summed E-state index contributed by atoms with van der Waals surface area (Å²) in [6, 6.07) is 2.73. The monoisotopic (exact) mass is 232 g/mol. The zero-order chi connectivity index (χ0) is 10.1. The molecule has 0 fully saturated rings. The van der Waals surface area contributed by atoms with E-state index in [9.17, 15) is 9.90 Å². The quantitative estimate of drug-likeness (QED) is 0.745. The van der Waals surface area contributed by atoms with Gasteiger partial charge < -0.3 is 18.7 Å². The minimum Gasteiger partial charge on any atom is -0.504 e. The van der Waals surface area contributed by atoms with Gasteiger partial charge in [-0.2, -0.15) is 0 Å². The molecule has 2 rings (SSSR count). The Morgan fingerprint density at radius 2 is 2.29 bits per heavy atom.